The lowest BCUT2D eigenvalue weighted by molar-refractivity contribution is -0.122. The van der Waals surface area contributed by atoms with Gasteiger partial charge in [0.15, 0.2) is 5.01 Å². The maximum Gasteiger partial charge on any atom is 0.223 e. The monoisotopic (exact) mass is 289 g/mol. The van der Waals surface area contributed by atoms with Crippen LogP contribution < -0.4 is 11.1 Å². The van der Waals surface area contributed by atoms with Gasteiger partial charge in [-0.25, -0.2) is 4.98 Å². The van der Waals surface area contributed by atoms with Crippen molar-refractivity contribution in [3.05, 3.63) is 29.3 Å². The molecule has 1 unspecified atom stereocenters. The molecule has 0 spiro atoms. The number of carbonyl (C=O) groups excluding carboxylic acids is 2. The third-order valence-electron chi connectivity index (χ3n) is 3.54. The number of carbonyl (C=O) groups is 2. The standard InChI is InChI=1S/C14H15N3O2S/c15-9(7-8-5-6-16-13(8)19)12(18)14-17-10-3-1-2-4-11(10)20-14/h1-4,8-9H,5-7,15H2,(H,16,19)/t8-,9?/m0/s1. The highest BCUT2D eigenvalue weighted by Crippen LogP contribution is 2.24. The fraction of sp³-hybridized carbons (Fsp3) is 0.357. The number of rotatable bonds is 4. The second-order valence-corrected chi connectivity index (χ2v) is 6.00. The summed E-state index contributed by atoms with van der Waals surface area (Å²) in [6, 6.07) is 6.94. The molecule has 6 heteroatoms. The van der Waals surface area contributed by atoms with Crippen LogP contribution in [0.25, 0.3) is 10.2 Å². The van der Waals surface area contributed by atoms with Gasteiger partial charge in [-0.05, 0) is 25.0 Å². The Kier molecular flexibility index (Phi) is 3.50. The van der Waals surface area contributed by atoms with E-state index in [4.69, 9.17) is 5.73 Å². The average Bonchev–Trinajstić information content (AvgIpc) is 3.04. The molecule has 2 aromatic rings. The molecule has 0 saturated carbocycles. The van der Waals surface area contributed by atoms with E-state index in [1.807, 2.05) is 24.3 Å². The van der Waals surface area contributed by atoms with E-state index in [0.717, 1.165) is 16.6 Å². The number of nitrogens with zero attached hydrogens (tertiary/aromatic N) is 1. The Morgan fingerprint density at radius 3 is 3.00 bits per heavy atom. The van der Waals surface area contributed by atoms with Crippen LogP contribution in [-0.2, 0) is 4.79 Å². The largest absolute Gasteiger partial charge is 0.356 e. The van der Waals surface area contributed by atoms with E-state index < -0.39 is 6.04 Å². The maximum atomic E-state index is 12.3. The first kappa shape index (κ1) is 13.2. The zero-order valence-corrected chi connectivity index (χ0v) is 11.7. The number of fused-ring (bicyclic) bond motifs is 1. The number of para-hydroxylation sites is 1. The zero-order chi connectivity index (χ0) is 14.1. The van der Waals surface area contributed by atoms with Gasteiger partial charge in [-0.2, -0.15) is 0 Å². The normalized spacial score (nSPS) is 20.1. The van der Waals surface area contributed by atoms with Crippen LogP contribution in [0.4, 0.5) is 0 Å². The molecule has 0 bridgehead atoms. The number of amides is 1. The van der Waals surface area contributed by atoms with Crippen molar-refractivity contribution in [3.8, 4) is 0 Å². The summed E-state index contributed by atoms with van der Waals surface area (Å²) in [5, 5.41) is 3.18. The van der Waals surface area contributed by atoms with Crippen LogP contribution in [0.1, 0.15) is 22.6 Å². The second-order valence-electron chi connectivity index (χ2n) is 4.97. The third-order valence-corrected chi connectivity index (χ3v) is 4.59. The summed E-state index contributed by atoms with van der Waals surface area (Å²) in [6.07, 6.45) is 1.14. The lowest BCUT2D eigenvalue weighted by Crippen LogP contribution is -2.34. The quantitative estimate of drug-likeness (QED) is 0.832. The van der Waals surface area contributed by atoms with Gasteiger partial charge < -0.3 is 11.1 Å². The van der Waals surface area contributed by atoms with Crippen molar-refractivity contribution < 1.29 is 9.59 Å². The van der Waals surface area contributed by atoms with Gasteiger partial charge in [-0.1, -0.05) is 12.1 Å². The number of benzene rings is 1. The Bertz CT molecular complexity index is 634. The maximum absolute atomic E-state index is 12.3. The fourth-order valence-corrected chi connectivity index (χ4v) is 3.39. The third kappa shape index (κ3) is 2.44. The molecular weight excluding hydrogens is 274 g/mol. The summed E-state index contributed by atoms with van der Waals surface area (Å²) in [7, 11) is 0. The van der Waals surface area contributed by atoms with Crippen LogP contribution in [0.2, 0.25) is 0 Å². The number of nitrogens with two attached hydrogens (primary N) is 1. The van der Waals surface area contributed by atoms with Gasteiger partial charge in [0.25, 0.3) is 0 Å². The molecule has 1 aliphatic heterocycles. The molecule has 2 heterocycles. The second kappa shape index (κ2) is 5.30. The Hall–Kier alpha value is -1.79. The van der Waals surface area contributed by atoms with Gasteiger partial charge in [0.05, 0.1) is 16.3 Å². The van der Waals surface area contributed by atoms with Gasteiger partial charge in [-0.15, -0.1) is 11.3 Å². The Labute approximate surface area is 120 Å². The first-order valence-corrected chi connectivity index (χ1v) is 7.40. The van der Waals surface area contributed by atoms with Gasteiger partial charge in [0.2, 0.25) is 11.7 Å². The molecule has 104 valence electrons. The van der Waals surface area contributed by atoms with E-state index in [-0.39, 0.29) is 17.6 Å². The summed E-state index contributed by atoms with van der Waals surface area (Å²) < 4.78 is 0.974. The summed E-state index contributed by atoms with van der Waals surface area (Å²) in [5.41, 5.74) is 6.76. The van der Waals surface area contributed by atoms with Gasteiger partial charge in [-0.3, -0.25) is 9.59 Å². The van der Waals surface area contributed by atoms with E-state index >= 15 is 0 Å². The van der Waals surface area contributed by atoms with Crippen molar-refractivity contribution >= 4 is 33.2 Å². The highest BCUT2D eigenvalue weighted by molar-refractivity contribution is 7.20. The van der Waals surface area contributed by atoms with E-state index in [1.54, 1.807) is 0 Å². The summed E-state index contributed by atoms with van der Waals surface area (Å²) in [5.74, 6) is -0.327. The number of nitrogens with one attached hydrogen (secondary N) is 1. The SMILES string of the molecule is NC(C[C@@H]1CCNC1=O)C(=O)c1nc2ccccc2s1. The highest BCUT2D eigenvalue weighted by Gasteiger charge is 2.29. The minimum absolute atomic E-state index is 0.00227. The predicted octanol–water partition coefficient (Wildman–Crippen LogP) is 1.33. The van der Waals surface area contributed by atoms with E-state index in [1.165, 1.54) is 11.3 Å². The molecule has 1 saturated heterocycles. The lowest BCUT2D eigenvalue weighted by Gasteiger charge is -2.12. The molecule has 0 radical (unpaired) electrons. The minimum Gasteiger partial charge on any atom is -0.356 e. The molecular formula is C14H15N3O2S. The van der Waals surface area contributed by atoms with Crippen molar-refractivity contribution in [1.82, 2.24) is 10.3 Å². The van der Waals surface area contributed by atoms with E-state index in [9.17, 15) is 9.59 Å². The van der Waals surface area contributed by atoms with Gasteiger partial charge in [0, 0.05) is 12.5 Å². The minimum atomic E-state index is -0.663. The average molecular weight is 289 g/mol. The molecule has 0 aliphatic carbocycles. The van der Waals surface area contributed by atoms with E-state index in [0.29, 0.717) is 18.0 Å². The number of thiazole rings is 1. The molecule has 5 nitrogen and oxygen atoms in total. The van der Waals surface area contributed by atoms with Crippen LogP contribution in [0.5, 0.6) is 0 Å². The highest BCUT2D eigenvalue weighted by atomic mass is 32.1. The van der Waals surface area contributed by atoms with Gasteiger partial charge >= 0.3 is 0 Å². The number of hydrogen-bond acceptors (Lipinski definition) is 5. The smallest absolute Gasteiger partial charge is 0.223 e. The molecule has 1 aliphatic rings. The number of ketones is 1. The van der Waals surface area contributed by atoms with E-state index in [2.05, 4.69) is 10.3 Å². The molecule has 3 rings (SSSR count). The van der Waals surface area contributed by atoms with Crippen LogP contribution in [-0.4, -0.2) is 29.3 Å². The van der Waals surface area contributed by atoms with Crippen LogP contribution in [0, 0.1) is 5.92 Å². The van der Waals surface area contributed by atoms with Crippen molar-refractivity contribution in [1.29, 1.82) is 0 Å². The fourth-order valence-electron chi connectivity index (χ4n) is 2.42. The zero-order valence-electron chi connectivity index (χ0n) is 10.8. The van der Waals surface area contributed by atoms with Crippen LogP contribution >= 0.6 is 11.3 Å². The molecule has 2 atom stereocenters. The molecule has 20 heavy (non-hydrogen) atoms. The predicted molar refractivity (Wildman–Crippen MR) is 77.7 cm³/mol. The van der Waals surface area contributed by atoms with Crippen molar-refractivity contribution in [2.45, 2.75) is 18.9 Å². The number of aromatic nitrogens is 1. The first-order chi connectivity index (χ1) is 9.65. The molecule has 1 aromatic carbocycles. The van der Waals surface area contributed by atoms with Gasteiger partial charge in [0.1, 0.15) is 0 Å². The molecule has 3 N–H and O–H groups in total. The molecule has 1 amide bonds. The lowest BCUT2D eigenvalue weighted by atomic mass is 9.97. The van der Waals surface area contributed by atoms with Crippen molar-refractivity contribution in [2.24, 2.45) is 11.7 Å². The summed E-state index contributed by atoms with van der Waals surface area (Å²) >= 11 is 1.35. The van der Waals surface area contributed by atoms with Crippen molar-refractivity contribution in [2.75, 3.05) is 6.54 Å². The Balaban J connectivity index is 1.75. The number of hydrogen-bond donors (Lipinski definition) is 2. The van der Waals surface area contributed by atoms with Crippen molar-refractivity contribution in [3.63, 3.8) is 0 Å². The Morgan fingerprint density at radius 1 is 1.50 bits per heavy atom. The first-order valence-electron chi connectivity index (χ1n) is 6.58. The topological polar surface area (TPSA) is 85.1 Å². The van der Waals surface area contributed by atoms with Crippen LogP contribution in [0.15, 0.2) is 24.3 Å². The summed E-state index contributed by atoms with van der Waals surface area (Å²) in [6.45, 7) is 0.672. The number of Topliss-reactive ketones (excluding diaryl/α,β-unsaturated/α-hetero) is 1. The Morgan fingerprint density at radius 2 is 2.30 bits per heavy atom. The molecule has 1 fully saturated rings. The van der Waals surface area contributed by atoms with Crippen LogP contribution in [0.3, 0.4) is 0 Å². The summed E-state index contributed by atoms with van der Waals surface area (Å²) in [4.78, 5) is 28.1. The molecule has 1 aromatic heterocycles.